The van der Waals surface area contributed by atoms with Crippen LogP contribution >= 0.6 is 0 Å². The Kier molecular flexibility index (Phi) is 6.49. The van der Waals surface area contributed by atoms with Crippen LogP contribution in [-0.4, -0.2) is 13.1 Å². The largest absolute Gasteiger partial charge is 0.329 e. The summed E-state index contributed by atoms with van der Waals surface area (Å²) in [5, 5.41) is 3.38. The van der Waals surface area contributed by atoms with Crippen LogP contribution in [-0.2, 0) is 6.42 Å². The highest BCUT2D eigenvalue weighted by Crippen LogP contribution is 2.15. The molecule has 0 fully saturated rings. The summed E-state index contributed by atoms with van der Waals surface area (Å²) in [5.41, 5.74) is 8.41. The van der Waals surface area contributed by atoms with Crippen molar-refractivity contribution < 1.29 is 0 Å². The first-order chi connectivity index (χ1) is 8.67. The van der Waals surface area contributed by atoms with E-state index < -0.39 is 0 Å². The number of terminal acetylenes is 1. The molecule has 18 heavy (non-hydrogen) atoms. The predicted octanol–water partition coefficient (Wildman–Crippen LogP) is 2.50. The van der Waals surface area contributed by atoms with Gasteiger partial charge in [-0.3, -0.25) is 0 Å². The summed E-state index contributed by atoms with van der Waals surface area (Å²) >= 11 is 0. The summed E-state index contributed by atoms with van der Waals surface area (Å²) < 4.78 is 0. The zero-order chi connectivity index (χ0) is 13.4. The molecule has 1 unspecified atom stereocenters. The Labute approximate surface area is 111 Å². The van der Waals surface area contributed by atoms with E-state index in [1.54, 1.807) is 0 Å². The summed E-state index contributed by atoms with van der Waals surface area (Å²) in [7, 11) is 0. The van der Waals surface area contributed by atoms with Crippen molar-refractivity contribution in [3.63, 3.8) is 0 Å². The Hall–Kier alpha value is -1.30. The number of nitrogens with one attached hydrogen (secondary N) is 1. The number of nitrogens with two attached hydrogens (primary N) is 1. The van der Waals surface area contributed by atoms with Gasteiger partial charge in [-0.05, 0) is 23.5 Å². The van der Waals surface area contributed by atoms with Gasteiger partial charge in [0.2, 0.25) is 0 Å². The topological polar surface area (TPSA) is 38.0 Å². The molecule has 98 valence electrons. The maximum Gasteiger partial charge on any atom is 0.0444 e. The first-order valence-corrected chi connectivity index (χ1v) is 6.63. The van der Waals surface area contributed by atoms with Gasteiger partial charge in [0.15, 0.2) is 0 Å². The fourth-order valence-electron chi connectivity index (χ4n) is 2.01. The second-order valence-electron chi connectivity index (χ2n) is 5.04. The quantitative estimate of drug-likeness (QED) is 0.571. The third kappa shape index (κ3) is 4.91. The van der Waals surface area contributed by atoms with Gasteiger partial charge in [0.25, 0.3) is 0 Å². The second kappa shape index (κ2) is 7.92. The Morgan fingerprint density at radius 1 is 1.28 bits per heavy atom. The van der Waals surface area contributed by atoms with Gasteiger partial charge in [0.1, 0.15) is 0 Å². The third-order valence-corrected chi connectivity index (χ3v) is 2.92. The lowest BCUT2D eigenvalue weighted by molar-refractivity contribution is 0.550. The smallest absolute Gasteiger partial charge is 0.0444 e. The average Bonchev–Trinajstić information content (AvgIpc) is 2.35. The highest BCUT2D eigenvalue weighted by atomic mass is 14.9. The lowest BCUT2D eigenvalue weighted by atomic mass is 9.99. The zero-order valence-electron chi connectivity index (χ0n) is 11.4. The third-order valence-electron chi connectivity index (χ3n) is 2.92. The Morgan fingerprint density at radius 3 is 2.44 bits per heavy atom. The van der Waals surface area contributed by atoms with E-state index in [0.29, 0.717) is 12.5 Å². The van der Waals surface area contributed by atoms with Gasteiger partial charge < -0.3 is 11.1 Å². The van der Waals surface area contributed by atoms with Crippen LogP contribution in [0.15, 0.2) is 24.3 Å². The molecule has 1 rings (SSSR count). The van der Waals surface area contributed by atoms with E-state index in [1.807, 2.05) is 0 Å². The minimum atomic E-state index is 0.200. The number of hydrogen-bond acceptors (Lipinski definition) is 2. The second-order valence-corrected chi connectivity index (χ2v) is 5.04. The van der Waals surface area contributed by atoms with Gasteiger partial charge in [-0.15, -0.1) is 12.3 Å². The van der Waals surface area contributed by atoms with Gasteiger partial charge >= 0.3 is 0 Å². The minimum absolute atomic E-state index is 0.200. The van der Waals surface area contributed by atoms with Crippen molar-refractivity contribution in [1.29, 1.82) is 0 Å². The predicted molar refractivity (Wildman–Crippen MR) is 78.2 cm³/mol. The van der Waals surface area contributed by atoms with E-state index in [9.17, 15) is 0 Å². The van der Waals surface area contributed by atoms with Crippen LogP contribution < -0.4 is 11.1 Å². The first-order valence-electron chi connectivity index (χ1n) is 6.63. The molecule has 0 saturated carbocycles. The van der Waals surface area contributed by atoms with E-state index in [4.69, 9.17) is 12.2 Å². The number of benzene rings is 1. The zero-order valence-corrected chi connectivity index (χ0v) is 11.4. The molecule has 3 N–H and O–H groups in total. The molecule has 0 spiro atoms. The van der Waals surface area contributed by atoms with Crippen molar-refractivity contribution in [2.75, 3.05) is 13.1 Å². The molecule has 0 radical (unpaired) electrons. The van der Waals surface area contributed by atoms with Crippen molar-refractivity contribution in [1.82, 2.24) is 5.32 Å². The SMILES string of the molecule is C#CCCNC(CN)c1ccc(CC(C)C)cc1. The monoisotopic (exact) mass is 244 g/mol. The van der Waals surface area contributed by atoms with Gasteiger partial charge in [-0.2, -0.15) is 0 Å². The van der Waals surface area contributed by atoms with Gasteiger partial charge in [0, 0.05) is 25.6 Å². The Balaban J connectivity index is 2.61. The molecular formula is C16H24N2. The van der Waals surface area contributed by atoms with E-state index in [0.717, 1.165) is 19.4 Å². The number of rotatable bonds is 7. The molecule has 0 saturated heterocycles. The van der Waals surface area contributed by atoms with E-state index >= 15 is 0 Å². The standard InChI is InChI=1S/C16H24N2/c1-4-5-10-18-16(12-17)15-8-6-14(7-9-15)11-13(2)3/h1,6-9,13,16,18H,5,10-12,17H2,2-3H3. The highest BCUT2D eigenvalue weighted by Gasteiger charge is 2.08. The summed E-state index contributed by atoms with van der Waals surface area (Å²) in [6.45, 7) is 5.87. The van der Waals surface area contributed by atoms with Crippen LogP contribution in [0.4, 0.5) is 0 Å². The first kappa shape index (κ1) is 14.8. The van der Waals surface area contributed by atoms with Crippen LogP contribution in [0.3, 0.4) is 0 Å². The van der Waals surface area contributed by atoms with Crippen LogP contribution in [0.1, 0.15) is 37.4 Å². The summed E-state index contributed by atoms with van der Waals surface area (Å²) in [6.07, 6.45) is 7.10. The highest BCUT2D eigenvalue weighted by molar-refractivity contribution is 5.25. The van der Waals surface area contributed by atoms with Gasteiger partial charge in [0.05, 0.1) is 0 Å². The van der Waals surface area contributed by atoms with Crippen molar-refractivity contribution in [2.24, 2.45) is 11.7 Å². The molecule has 1 aromatic rings. The van der Waals surface area contributed by atoms with Crippen LogP contribution in [0.5, 0.6) is 0 Å². The lowest BCUT2D eigenvalue weighted by Crippen LogP contribution is -2.28. The normalized spacial score (nSPS) is 12.4. The summed E-state index contributed by atoms with van der Waals surface area (Å²) in [6, 6.07) is 8.92. The molecule has 0 aliphatic carbocycles. The van der Waals surface area contributed by atoms with Crippen molar-refractivity contribution in [2.45, 2.75) is 32.7 Å². The summed E-state index contributed by atoms with van der Waals surface area (Å²) in [5.74, 6) is 3.32. The molecule has 1 aromatic carbocycles. The van der Waals surface area contributed by atoms with Crippen molar-refractivity contribution in [3.8, 4) is 12.3 Å². The molecular weight excluding hydrogens is 220 g/mol. The molecule has 0 aliphatic rings. The fraction of sp³-hybridized carbons (Fsp3) is 0.500. The molecule has 1 atom stereocenters. The number of hydrogen-bond donors (Lipinski definition) is 2. The Morgan fingerprint density at radius 2 is 1.94 bits per heavy atom. The molecule has 0 heterocycles. The molecule has 0 bridgehead atoms. The maximum absolute atomic E-state index is 5.79. The fourth-order valence-corrected chi connectivity index (χ4v) is 2.01. The van der Waals surface area contributed by atoms with Crippen molar-refractivity contribution >= 4 is 0 Å². The van der Waals surface area contributed by atoms with Gasteiger partial charge in [-0.1, -0.05) is 38.1 Å². The van der Waals surface area contributed by atoms with Gasteiger partial charge in [-0.25, -0.2) is 0 Å². The van der Waals surface area contributed by atoms with Crippen molar-refractivity contribution in [3.05, 3.63) is 35.4 Å². The summed E-state index contributed by atoms with van der Waals surface area (Å²) in [4.78, 5) is 0. The van der Waals surface area contributed by atoms with E-state index in [1.165, 1.54) is 11.1 Å². The molecule has 0 amide bonds. The van der Waals surface area contributed by atoms with E-state index in [2.05, 4.69) is 49.4 Å². The molecule has 2 heteroatoms. The van der Waals surface area contributed by atoms with Crippen LogP contribution in [0.25, 0.3) is 0 Å². The minimum Gasteiger partial charge on any atom is -0.329 e. The van der Waals surface area contributed by atoms with E-state index in [-0.39, 0.29) is 6.04 Å². The Bertz CT molecular complexity index is 373. The van der Waals surface area contributed by atoms with Crippen LogP contribution in [0, 0.1) is 18.3 Å². The molecule has 2 nitrogen and oxygen atoms in total. The lowest BCUT2D eigenvalue weighted by Gasteiger charge is -2.17. The van der Waals surface area contributed by atoms with Crippen LogP contribution in [0.2, 0.25) is 0 Å². The molecule has 0 aromatic heterocycles. The maximum atomic E-state index is 5.79. The average molecular weight is 244 g/mol. The molecule has 0 aliphatic heterocycles.